The third-order valence-corrected chi connectivity index (χ3v) is 8.62. The minimum Gasteiger partial charge on any atom is -0.449 e. The Labute approximate surface area is 280 Å². The van der Waals surface area contributed by atoms with Gasteiger partial charge in [-0.2, -0.15) is 0 Å². The van der Waals surface area contributed by atoms with Crippen LogP contribution in [-0.2, 0) is 23.1 Å². The van der Waals surface area contributed by atoms with E-state index in [-0.39, 0.29) is 29.8 Å². The number of pyridine rings is 1. The zero-order valence-electron chi connectivity index (χ0n) is 27.3. The fraction of sp³-hybridized carbons (Fsp3) is 0.371. The van der Waals surface area contributed by atoms with E-state index < -0.39 is 6.09 Å². The Morgan fingerprint density at radius 2 is 1.77 bits per heavy atom. The first-order valence-electron chi connectivity index (χ1n) is 16.0. The summed E-state index contributed by atoms with van der Waals surface area (Å²) in [6, 6.07) is 18.0. The number of hydrogen-bond acceptors (Lipinski definition) is 9. The van der Waals surface area contributed by atoms with Gasteiger partial charge in [-0.1, -0.05) is 50.9 Å². The molecule has 0 aliphatic rings. The van der Waals surface area contributed by atoms with Crippen LogP contribution in [0, 0.1) is 5.41 Å². The summed E-state index contributed by atoms with van der Waals surface area (Å²) >= 11 is 1.29. The molecule has 12 heteroatoms. The van der Waals surface area contributed by atoms with Crippen molar-refractivity contribution in [2.24, 2.45) is 7.05 Å². The lowest BCUT2D eigenvalue weighted by Crippen LogP contribution is -2.33. The van der Waals surface area contributed by atoms with E-state index in [9.17, 15) is 14.4 Å². The summed E-state index contributed by atoms with van der Waals surface area (Å²) in [6.07, 6.45) is 6.20. The van der Waals surface area contributed by atoms with Gasteiger partial charge in [-0.25, -0.2) is 14.8 Å². The number of ether oxygens (including phenoxy) is 1. The average Bonchev–Trinajstić information content (AvgIpc) is 3.41. The number of aryl methyl sites for hydroxylation is 1. The van der Waals surface area contributed by atoms with Crippen LogP contribution in [0.5, 0.6) is 0 Å². The SMILES string of the molecule is CCCCCCOC(=O)NC(=N)c1ccc(NCc2nc3cc(C(=O)N(CCC(=O)SCCC)c4ccccn4)ccc3n2C)cc1. The van der Waals surface area contributed by atoms with Crippen LogP contribution in [0.4, 0.5) is 16.3 Å². The van der Waals surface area contributed by atoms with Gasteiger partial charge < -0.3 is 14.6 Å². The summed E-state index contributed by atoms with van der Waals surface area (Å²) in [5.41, 5.74) is 3.39. The number of nitrogens with zero attached hydrogens (tertiary/aromatic N) is 4. The first-order chi connectivity index (χ1) is 22.8. The molecule has 2 aromatic carbocycles. The molecular weight excluding hydrogens is 614 g/mol. The molecule has 2 heterocycles. The number of rotatable bonds is 16. The van der Waals surface area contributed by atoms with Crippen LogP contribution in [0.1, 0.15) is 74.1 Å². The van der Waals surface area contributed by atoms with Gasteiger partial charge in [-0.05, 0) is 67.4 Å². The van der Waals surface area contributed by atoms with Gasteiger partial charge in [0.05, 0.1) is 24.2 Å². The number of carbonyl (C=O) groups excluding carboxylic acids is 3. The van der Waals surface area contributed by atoms with E-state index in [2.05, 4.69) is 22.5 Å². The maximum Gasteiger partial charge on any atom is 0.412 e. The molecule has 0 saturated heterocycles. The monoisotopic (exact) mass is 657 g/mol. The topological polar surface area (TPSA) is 142 Å². The third kappa shape index (κ3) is 10.1. The van der Waals surface area contributed by atoms with Gasteiger partial charge >= 0.3 is 6.09 Å². The van der Waals surface area contributed by atoms with Gasteiger partial charge in [0.25, 0.3) is 5.91 Å². The largest absolute Gasteiger partial charge is 0.449 e. The molecule has 2 amide bonds. The number of benzene rings is 2. The van der Waals surface area contributed by atoms with Crippen LogP contribution in [0.25, 0.3) is 11.0 Å². The summed E-state index contributed by atoms with van der Waals surface area (Å²) in [6.45, 7) is 5.15. The Hall–Kier alpha value is -4.71. The Morgan fingerprint density at radius 1 is 0.979 bits per heavy atom. The third-order valence-electron chi connectivity index (χ3n) is 7.48. The predicted octanol–water partition coefficient (Wildman–Crippen LogP) is 6.92. The van der Waals surface area contributed by atoms with Crippen molar-refractivity contribution in [2.45, 2.75) is 58.9 Å². The van der Waals surface area contributed by atoms with Crippen molar-refractivity contribution in [3.63, 3.8) is 0 Å². The van der Waals surface area contributed by atoms with Crippen molar-refractivity contribution in [2.75, 3.05) is 29.1 Å². The lowest BCUT2D eigenvalue weighted by atomic mass is 10.1. The van der Waals surface area contributed by atoms with E-state index in [4.69, 9.17) is 15.1 Å². The second kappa shape index (κ2) is 17.8. The quantitative estimate of drug-likeness (QED) is 0.0670. The molecule has 0 fully saturated rings. The number of fused-ring (bicyclic) bond motifs is 1. The van der Waals surface area contributed by atoms with E-state index in [0.717, 1.165) is 54.9 Å². The summed E-state index contributed by atoms with van der Waals surface area (Å²) < 4.78 is 7.13. The summed E-state index contributed by atoms with van der Waals surface area (Å²) in [5, 5.41) is 14.1. The molecule has 3 N–H and O–H groups in total. The van der Waals surface area contributed by atoms with Gasteiger partial charge in [0.2, 0.25) is 0 Å². The van der Waals surface area contributed by atoms with E-state index in [1.54, 1.807) is 47.5 Å². The van der Waals surface area contributed by atoms with Crippen LogP contribution in [-0.4, -0.2) is 56.4 Å². The molecule has 4 aromatic rings. The maximum atomic E-state index is 13.7. The highest BCUT2D eigenvalue weighted by atomic mass is 32.2. The fourth-order valence-corrected chi connectivity index (χ4v) is 5.53. The van der Waals surface area contributed by atoms with Crippen LogP contribution >= 0.6 is 11.8 Å². The van der Waals surface area contributed by atoms with Crippen LogP contribution in [0.3, 0.4) is 0 Å². The molecule has 0 atom stereocenters. The predicted molar refractivity (Wildman–Crippen MR) is 188 cm³/mol. The smallest absolute Gasteiger partial charge is 0.412 e. The molecular formula is C35H43N7O4S. The Morgan fingerprint density at radius 3 is 2.49 bits per heavy atom. The molecule has 0 saturated carbocycles. The van der Waals surface area contributed by atoms with Crippen molar-refractivity contribution in [3.8, 4) is 0 Å². The van der Waals surface area contributed by atoms with E-state index in [1.807, 2.05) is 42.8 Å². The average molecular weight is 658 g/mol. The number of thioether (sulfide) groups is 1. The Bertz CT molecular complexity index is 1660. The molecule has 248 valence electrons. The molecule has 0 bridgehead atoms. The molecule has 2 aromatic heterocycles. The number of amides is 2. The second-order valence-electron chi connectivity index (χ2n) is 11.0. The number of carbonyl (C=O) groups is 3. The molecule has 0 aliphatic heterocycles. The number of amidine groups is 1. The molecule has 0 unspecified atom stereocenters. The van der Waals surface area contributed by atoms with Gasteiger partial charge in [-0.15, -0.1) is 0 Å². The van der Waals surface area contributed by atoms with Gasteiger partial charge in [0.15, 0.2) is 5.12 Å². The van der Waals surface area contributed by atoms with Crippen molar-refractivity contribution in [1.82, 2.24) is 19.9 Å². The van der Waals surface area contributed by atoms with Crippen molar-refractivity contribution in [3.05, 3.63) is 83.8 Å². The highest BCUT2D eigenvalue weighted by Gasteiger charge is 2.21. The molecule has 0 aliphatic carbocycles. The lowest BCUT2D eigenvalue weighted by Gasteiger charge is -2.21. The molecule has 0 spiro atoms. The van der Waals surface area contributed by atoms with Crippen molar-refractivity contribution >= 4 is 57.3 Å². The summed E-state index contributed by atoms with van der Waals surface area (Å²) in [4.78, 5) is 48.8. The fourth-order valence-electron chi connectivity index (χ4n) is 4.86. The van der Waals surface area contributed by atoms with Gasteiger partial charge in [0.1, 0.15) is 17.5 Å². The number of imidazole rings is 1. The van der Waals surface area contributed by atoms with E-state index in [1.165, 1.54) is 11.8 Å². The van der Waals surface area contributed by atoms with E-state index in [0.29, 0.717) is 35.6 Å². The number of nitrogens with one attached hydrogen (secondary N) is 3. The lowest BCUT2D eigenvalue weighted by molar-refractivity contribution is -0.110. The van der Waals surface area contributed by atoms with Crippen LogP contribution in [0.15, 0.2) is 66.9 Å². The van der Waals surface area contributed by atoms with Crippen LogP contribution < -0.4 is 15.5 Å². The van der Waals surface area contributed by atoms with Gasteiger partial charge in [0, 0.05) is 48.8 Å². The zero-order valence-corrected chi connectivity index (χ0v) is 28.1. The number of unbranched alkanes of at least 4 members (excludes halogenated alkanes) is 3. The number of aromatic nitrogens is 3. The van der Waals surface area contributed by atoms with Gasteiger partial charge in [-0.3, -0.25) is 25.2 Å². The van der Waals surface area contributed by atoms with Crippen molar-refractivity contribution in [1.29, 1.82) is 5.41 Å². The molecule has 47 heavy (non-hydrogen) atoms. The van der Waals surface area contributed by atoms with Crippen molar-refractivity contribution < 1.29 is 19.1 Å². The van der Waals surface area contributed by atoms with Crippen LogP contribution in [0.2, 0.25) is 0 Å². The minimum atomic E-state index is -0.624. The molecule has 0 radical (unpaired) electrons. The maximum absolute atomic E-state index is 13.7. The molecule has 11 nitrogen and oxygen atoms in total. The first kappa shape index (κ1) is 35.1. The number of anilines is 2. The Balaban J connectivity index is 1.38. The first-order valence-corrected chi connectivity index (χ1v) is 17.0. The highest BCUT2D eigenvalue weighted by molar-refractivity contribution is 8.13. The summed E-state index contributed by atoms with van der Waals surface area (Å²) in [5.74, 6) is 1.75. The standard InChI is InChI=1S/C35H43N7O4S/c1-4-6-7-10-21-46-35(45)40-33(36)25-12-15-27(16-13-25)38-24-31-39-28-23-26(14-17-29(28)41(31)3)34(44)42(30-11-8-9-19-37-30)20-18-32(43)47-22-5-2/h8-9,11-17,19,23,38H,4-7,10,18,20-22,24H2,1-3H3,(H2,36,40,45). The number of hydrogen-bond donors (Lipinski definition) is 3. The second-order valence-corrected chi connectivity index (χ2v) is 12.2. The minimum absolute atomic E-state index is 0.0283. The molecule has 4 rings (SSSR count). The highest BCUT2D eigenvalue weighted by Crippen LogP contribution is 2.22. The van der Waals surface area contributed by atoms with E-state index >= 15 is 0 Å². The number of alkyl carbamates (subject to hydrolysis) is 1. The summed E-state index contributed by atoms with van der Waals surface area (Å²) in [7, 11) is 1.92. The Kier molecular flexibility index (Phi) is 13.3. The zero-order chi connectivity index (χ0) is 33.6. The normalized spacial score (nSPS) is 10.9.